The molecule has 11 heteroatoms. The van der Waals surface area contributed by atoms with Crippen LogP contribution in [0.15, 0.2) is 79.0 Å². The molecule has 39 heavy (non-hydrogen) atoms. The SMILES string of the molecule is COc1ccc(-c2nc(NN3c4ccccc4CC3C(=O)O)sc2-c2ccc(-n3cc(CO)nn3)cc2)cc1. The lowest BCUT2D eigenvalue weighted by Gasteiger charge is -2.24. The molecule has 1 atom stereocenters. The molecular formula is C28H24N6O4S. The first-order valence-electron chi connectivity index (χ1n) is 12.2. The van der Waals surface area contributed by atoms with Crippen LogP contribution in [0.4, 0.5) is 10.8 Å². The number of ether oxygens (including phenoxy) is 1. The fraction of sp³-hybridized carbons (Fsp3) is 0.143. The Bertz CT molecular complexity index is 1630. The summed E-state index contributed by atoms with van der Waals surface area (Å²) in [5, 5.41) is 29.5. The number of nitrogens with zero attached hydrogens (tertiary/aromatic N) is 5. The van der Waals surface area contributed by atoms with E-state index in [-0.39, 0.29) is 6.61 Å². The second-order valence-corrected chi connectivity index (χ2v) is 9.95. The Hall–Kier alpha value is -4.74. The Morgan fingerprint density at radius 1 is 1.08 bits per heavy atom. The molecule has 0 fully saturated rings. The number of fused-ring (bicyclic) bond motifs is 1. The Kier molecular flexibility index (Phi) is 6.43. The van der Waals surface area contributed by atoms with Crippen LogP contribution in [-0.4, -0.2) is 49.3 Å². The van der Waals surface area contributed by atoms with Gasteiger partial charge in [-0.3, -0.25) is 10.4 Å². The van der Waals surface area contributed by atoms with E-state index in [1.807, 2.05) is 72.8 Å². The van der Waals surface area contributed by atoms with E-state index in [9.17, 15) is 15.0 Å². The number of thiazole rings is 1. The van der Waals surface area contributed by atoms with E-state index >= 15 is 0 Å². The summed E-state index contributed by atoms with van der Waals surface area (Å²) in [5.41, 5.74) is 8.98. The number of aromatic nitrogens is 4. The van der Waals surface area contributed by atoms with Gasteiger partial charge in [0.05, 0.1) is 41.9 Å². The number of benzene rings is 3. The smallest absolute Gasteiger partial charge is 0.328 e. The lowest BCUT2D eigenvalue weighted by Crippen LogP contribution is -2.42. The molecule has 0 spiro atoms. The van der Waals surface area contributed by atoms with Gasteiger partial charge in [0.15, 0.2) is 6.04 Å². The van der Waals surface area contributed by atoms with Gasteiger partial charge in [-0.25, -0.2) is 14.5 Å². The molecule has 0 amide bonds. The monoisotopic (exact) mass is 540 g/mol. The van der Waals surface area contributed by atoms with Crippen LogP contribution < -0.4 is 15.2 Å². The summed E-state index contributed by atoms with van der Waals surface area (Å²) in [6.07, 6.45) is 2.09. The van der Waals surface area contributed by atoms with Crippen LogP contribution in [0.25, 0.3) is 27.4 Å². The Balaban J connectivity index is 1.38. The predicted molar refractivity (Wildman–Crippen MR) is 148 cm³/mol. The molecule has 3 heterocycles. The van der Waals surface area contributed by atoms with Crippen molar-refractivity contribution >= 4 is 28.1 Å². The lowest BCUT2D eigenvalue weighted by molar-refractivity contribution is -0.138. The Morgan fingerprint density at radius 3 is 2.51 bits per heavy atom. The van der Waals surface area contributed by atoms with Crippen LogP contribution in [-0.2, 0) is 17.8 Å². The summed E-state index contributed by atoms with van der Waals surface area (Å²) < 4.78 is 6.93. The molecule has 1 aliphatic rings. The maximum atomic E-state index is 12.1. The minimum Gasteiger partial charge on any atom is -0.497 e. The number of methoxy groups -OCH3 is 1. The molecule has 1 aliphatic heterocycles. The zero-order valence-electron chi connectivity index (χ0n) is 20.9. The van der Waals surface area contributed by atoms with Crippen LogP contribution in [0.1, 0.15) is 11.3 Å². The minimum absolute atomic E-state index is 0.176. The van der Waals surface area contributed by atoms with E-state index in [0.29, 0.717) is 17.2 Å². The zero-order chi connectivity index (χ0) is 26.9. The second kappa shape index (κ2) is 10.2. The average Bonchev–Trinajstić information content (AvgIpc) is 3.71. The first-order valence-corrected chi connectivity index (χ1v) is 13.0. The van der Waals surface area contributed by atoms with Gasteiger partial charge in [0.1, 0.15) is 11.4 Å². The molecule has 2 aromatic heterocycles. The molecule has 196 valence electrons. The van der Waals surface area contributed by atoms with Crippen molar-refractivity contribution in [1.29, 1.82) is 0 Å². The van der Waals surface area contributed by atoms with Crippen LogP contribution >= 0.6 is 11.3 Å². The van der Waals surface area contributed by atoms with Crippen molar-refractivity contribution in [2.24, 2.45) is 0 Å². The zero-order valence-corrected chi connectivity index (χ0v) is 21.7. The quantitative estimate of drug-likeness (QED) is 0.263. The first kappa shape index (κ1) is 24.6. The number of rotatable bonds is 8. The number of hydrazine groups is 1. The highest BCUT2D eigenvalue weighted by molar-refractivity contribution is 7.19. The summed E-state index contributed by atoms with van der Waals surface area (Å²) in [6, 6.07) is 22.4. The normalized spacial score (nSPS) is 14.3. The number of aliphatic carboxylic acids is 1. The van der Waals surface area contributed by atoms with E-state index in [1.165, 1.54) is 11.3 Å². The largest absolute Gasteiger partial charge is 0.497 e. The Labute approximate surface area is 227 Å². The van der Waals surface area contributed by atoms with Gasteiger partial charge < -0.3 is 14.9 Å². The molecule has 3 aromatic carbocycles. The molecule has 0 saturated heterocycles. The topological polar surface area (TPSA) is 126 Å². The van der Waals surface area contributed by atoms with Crippen LogP contribution in [0.3, 0.4) is 0 Å². The van der Waals surface area contributed by atoms with Crippen molar-refractivity contribution in [2.75, 3.05) is 17.5 Å². The van der Waals surface area contributed by atoms with Crippen molar-refractivity contribution in [3.63, 3.8) is 0 Å². The summed E-state index contributed by atoms with van der Waals surface area (Å²) >= 11 is 1.45. The fourth-order valence-corrected chi connectivity index (χ4v) is 5.58. The third-order valence-electron chi connectivity index (χ3n) is 6.56. The molecule has 0 saturated carbocycles. The van der Waals surface area contributed by atoms with Gasteiger partial charge in [0.2, 0.25) is 5.13 Å². The third-order valence-corrected chi connectivity index (χ3v) is 7.57. The maximum Gasteiger partial charge on any atom is 0.328 e. The highest BCUT2D eigenvalue weighted by Gasteiger charge is 2.35. The average molecular weight is 541 g/mol. The lowest BCUT2D eigenvalue weighted by atomic mass is 10.1. The van der Waals surface area contributed by atoms with E-state index in [4.69, 9.17) is 9.72 Å². The summed E-state index contributed by atoms with van der Waals surface area (Å²) in [6.45, 7) is -0.176. The number of aliphatic hydroxyl groups excluding tert-OH is 1. The number of carbonyl (C=O) groups is 1. The van der Waals surface area contributed by atoms with Crippen molar-refractivity contribution in [3.05, 3.63) is 90.3 Å². The van der Waals surface area contributed by atoms with Gasteiger partial charge in [0.25, 0.3) is 0 Å². The highest BCUT2D eigenvalue weighted by Crippen LogP contribution is 2.41. The maximum absolute atomic E-state index is 12.1. The van der Waals surface area contributed by atoms with E-state index in [2.05, 4.69) is 15.7 Å². The number of carboxylic acids is 1. The third kappa shape index (κ3) is 4.69. The fourth-order valence-electron chi connectivity index (χ4n) is 4.60. The number of para-hydroxylation sites is 1. The van der Waals surface area contributed by atoms with Crippen molar-refractivity contribution in [1.82, 2.24) is 20.0 Å². The molecular weight excluding hydrogens is 516 g/mol. The predicted octanol–water partition coefficient (Wildman–Crippen LogP) is 4.40. The number of nitrogens with one attached hydrogen (secondary N) is 1. The highest BCUT2D eigenvalue weighted by atomic mass is 32.1. The van der Waals surface area contributed by atoms with Crippen molar-refractivity contribution in [3.8, 4) is 33.1 Å². The van der Waals surface area contributed by atoms with E-state index < -0.39 is 12.0 Å². The van der Waals surface area contributed by atoms with E-state index in [1.54, 1.807) is 23.0 Å². The summed E-state index contributed by atoms with van der Waals surface area (Å²) in [4.78, 5) is 17.9. The van der Waals surface area contributed by atoms with Crippen molar-refractivity contribution in [2.45, 2.75) is 19.1 Å². The molecule has 6 rings (SSSR count). The van der Waals surface area contributed by atoms with Gasteiger partial charge in [-0.2, -0.15) is 0 Å². The molecule has 5 aromatic rings. The van der Waals surface area contributed by atoms with E-state index in [0.717, 1.165) is 44.4 Å². The van der Waals surface area contributed by atoms with Gasteiger partial charge in [-0.15, -0.1) is 5.10 Å². The number of aliphatic hydroxyl groups is 1. The van der Waals surface area contributed by atoms with Gasteiger partial charge in [0, 0.05) is 12.0 Å². The van der Waals surface area contributed by atoms with Gasteiger partial charge >= 0.3 is 5.97 Å². The van der Waals surface area contributed by atoms with Crippen LogP contribution in [0.2, 0.25) is 0 Å². The molecule has 0 radical (unpaired) electrons. The molecule has 10 nitrogen and oxygen atoms in total. The number of carboxylic acid groups (broad SMARTS) is 1. The summed E-state index contributed by atoms with van der Waals surface area (Å²) in [5.74, 6) is -0.162. The Morgan fingerprint density at radius 2 is 1.82 bits per heavy atom. The number of anilines is 2. The van der Waals surface area contributed by atoms with Crippen LogP contribution in [0, 0.1) is 0 Å². The minimum atomic E-state index is -0.904. The van der Waals surface area contributed by atoms with Gasteiger partial charge in [-0.1, -0.05) is 46.9 Å². The first-order chi connectivity index (χ1) is 19.0. The van der Waals surface area contributed by atoms with Gasteiger partial charge in [-0.05, 0) is 53.6 Å². The molecule has 3 N–H and O–H groups in total. The second-order valence-electron chi connectivity index (χ2n) is 8.95. The summed E-state index contributed by atoms with van der Waals surface area (Å²) in [7, 11) is 1.62. The molecule has 0 bridgehead atoms. The standard InChI is InChI=1S/C28H24N6O4S/c1-38-22-12-8-17(9-13-22)25-26(18-6-10-21(11-7-18)33-15-20(16-35)30-32-33)39-28(29-25)31-34-23-5-3-2-4-19(23)14-24(34)27(36)37/h2-13,15,24,35H,14,16H2,1H3,(H,29,31)(H,36,37). The van der Waals surface area contributed by atoms with Crippen molar-refractivity contribution < 1.29 is 19.7 Å². The molecule has 0 aliphatic carbocycles. The number of hydrogen-bond acceptors (Lipinski definition) is 9. The number of hydrogen-bond donors (Lipinski definition) is 3. The van der Waals surface area contributed by atoms with Crippen LogP contribution in [0.5, 0.6) is 5.75 Å². The molecule has 1 unspecified atom stereocenters.